The minimum Gasteiger partial charge on any atom is -0.182 e. The van der Waals surface area contributed by atoms with Gasteiger partial charge in [-0.25, -0.2) is 0 Å². The van der Waals surface area contributed by atoms with Crippen LogP contribution in [0, 0.1) is 10.2 Å². The molecular formula is C23H15Cl3O4S. The molecule has 1 heterocycles. The summed E-state index contributed by atoms with van der Waals surface area (Å²) >= 11 is 12.5. The van der Waals surface area contributed by atoms with Crippen LogP contribution in [-0.2, 0) is 3.74 Å². The van der Waals surface area contributed by atoms with E-state index in [0.717, 1.165) is 22.3 Å². The van der Waals surface area contributed by atoms with E-state index in [0.29, 0.717) is 19.8 Å². The van der Waals surface area contributed by atoms with Crippen LogP contribution in [0.5, 0.6) is 0 Å². The van der Waals surface area contributed by atoms with Gasteiger partial charge in [-0.05, 0) is 41.0 Å². The predicted octanol–water partition coefficient (Wildman–Crippen LogP) is 3.75. The first-order valence-corrected chi connectivity index (χ1v) is 12.2. The first-order chi connectivity index (χ1) is 14.8. The molecule has 0 bridgehead atoms. The molecule has 1 aliphatic heterocycles. The second kappa shape index (κ2) is 9.28. The smallest absolute Gasteiger partial charge is 0.148 e. The molecule has 3 aromatic carbocycles. The number of hydrogen-bond donors (Lipinski definition) is 0. The summed E-state index contributed by atoms with van der Waals surface area (Å²) in [5.41, 5.74) is 2.92. The maximum absolute atomic E-state index is 11.6. The summed E-state index contributed by atoms with van der Waals surface area (Å²) in [6.07, 6.45) is 3.58. The van der Waals surface area contributed by atoms with Crippen LogP contribution in [0.2, 0.25) is 10.0 Å². The van der Waals surface area contributed by atoms with E-state index in [1.165, 1.54) is 0 Å². The summed E-state index contributed by atoms with van der Waals surface area (Å²) in [5.74, 6) is 0. The molecule has 158 valence electrons. The number of allylic oxidation sites excluding steroid dienone is 3. The lowest BCUT2D eigenvalue weighted by Gasteiger charge is -2.22. The molecule has 1 atom stereocenters. The van der Waals surface area contributed by atoms with Gasteiger partial charge in [0, 0.05) is 15.6 Å². The molecule has 0 spiro atoms. The second-order valence-electron chi connectivity index (χ2n) is 6.54. The predicted molar refractivity (Wildman–Crippen MR) is 118 cm³/mol. The van der Waals surface area contributed by atoms with Gasteiger partial charge in [0.05, 0.1) is 20.0 Å². The van der Waals surface area contributed by atoms with Crippen molar-refractivity contribution in [2.45, 2.75) is 0 Å². The monoisotopic (exact) mass is 492 g/mol. The van der Waals surface area contributed by atoms with Gasteiger partial charge in [-0.15, -0.1) is 0 Å². The summed E-state index contributed by atoms with van der Waals surface area (Å²) in [6.45, 7) is 0. The summed E-state index contributed by atoms with van der Waals surface area (Å²) < 4.78 is 39.9. The van der Waals surface area contributed by atoms with Gasteiger partial charge in [0.25, 0.3) is 0 Å². The van der Waals surface area contributed by atoms with E-state index in [4.69, 9.17) is 26.9 Å². The topological polar surface area (TPSA) is 78.4 Å². The van der Waals surface area contributed by atoms with Crippen molar-refractivity contribution in [1.82, 2.24) is 0 Å². The van der Waals surface area contributed by atoms with Gasteiger partial charge in [-0.3, -0.25) is 0 Å². The van der Waals surface area contributed by atoms with Gasteiger partial charge in [0.15, 0.2) is 0 Å². The Morgan fingerprint density at radius 2 is 1.35 bits per heavy atom. The first-order valence-electron chi connectivity index (χ1n) is 9.03. The van der Waals surface area contributed by atoms with Crippen molar-refractivity contribution in [1.29, 1.82) is 0 Å². The standard InChI is InChI=1S/C23H15Cl3O4S/c24-19-11-12-20(21(25)15-19)18-13-22(16-7-3-1-4-8-16)31(30-26(27,28)29)23(14-18)17-9-5-2-6-10-17/h1-15H. The van der Waals surface area contributed by atoms with Crippen LogP contribution in [0.15, 0.2) is 91.0 Å². The van der Waals surface area contributed by atoms with Crippen molar-refractivity contribution in [3.8, 4) is 0 Å². The van der Waals surface area contributed by atoms with Crippen molar-refractivity contribution in [2.75, 3.05) is 0 Å². The lowest BCUT2D eigenvalue weighted by molar-refractivity contribution is -1.91. The van der Waals surface area contributed by atoms with Crippen molar-refractivity contribution in [3.05, 3.63) is 118 Å². The van der Waals surface area contributed by atoms with Crippen molar-refractivity contribution >= 4 is 49.3 Å². The van der Waals surface area contributed by atoms with E-state index in [-0.39, 0.29) is 0 Å². The molecule has 0 aliphatic carbocycles. The Morgan fingerprint density at radius 1 is 0.742 bits per heavy atom. The van der Waals surface area contributed by atoms with E-state index in [1.807, 2.05) is 60.7 Å². The number of halogens is 3. The Morgan fingerprint density at radius 3 is 1.94 bits per heavy atom. The highest BCUT2D eigenvalue weighted by molar-refractivity contribution is 8.20. The molecule has 0 fully saturated rings. The van der Waals surface area contributed by atoms with E-state index >= 15 is 0 Å². The van der Waals surface area contributed by atoms with Gasteiger partial charge in [0.2, 0.25) is 0 Å². The van der Waals surface area contributed by atoms with Gasteiger partial charge in [-0.1, -0.05) is 89.9 Å². The summed E-state index contributed by atoms with van der Waals surface area (Å²) in [5, 5.41) is 0.955. The minimum atomic E-state index is -4.67. The Hall–Kier alpha value is -1.93. The molecule has 3 aromatic rings. The van der Waals surface area contributed by atoms with E-state index in [2.05, 4.69) is 0 Å². The van der Waals surface area contributed by atoms with Crippen molar-refractivity contribution in [3.63, 3.8) is 0 Å². The Labute approximate surface area is 194 Å². The fraction of sp³-hybridized carbons (Fsp3) is 0. The lowest BCUT2D eigenvalue weighted by Crippen LogP contribution is -2.60. The van der Waals surface area contributed by atoms with Gasteiger partial charge < -0.3 is 0 Å². The van der Waals surface area contributed by atoms with Crippen LogP contribution in [0.4, 0.5) is 0 Å². The number of rotatable bonds is 5. The molecule has 4 nitrogen and oxygen atoms in total. The highest BCUT2D eigenvalue weighted by atomic mass is 35.7. The Balaban J connectivity index is 2.00. The molecule has 0 saturated heterocycles. The first kappa shape index (κ1) is 22.3. The molecule has 0 aromatic heterocycles. The molecular weight excluding hydrogens is 479 g/mol. The van der Waals surface area contributed by atoms with Crippen LogP contribution in [-0.4, -0.2) is 4.86 Å². The molecule has 0 radical (unpaired) electrons. The summed E-state index contributed by atoms with van der Waals surface area (Å²) in [6, 6.07) is 23.5. The van der Waals surface area contributed by atoms with Gasteiger partial charge in [-0.2, -0.15) is 14.0 Å². The highest BCUT2D eigenvalue weighted by Crippen LogP contribution is 2.45. The maximum Gasteiger partial charge on any atom is 0.148 e. The third-order valence-corrected chi connectivity index (χ3v) is 7.65. The maximum atomic E-state index is 11.6. The van der Waals surface area contributed by atoms with E-state index in [9.17, 15) is 14.0 Å². The largest absolute Gasteiger partial charge is 0.182 e. The average Bonchev–Trinajstić information content (AvgIpc) is 2.74. The third kappa shape index (κ3) is 5.29. The molecule has 1 aliphatic rings. The normalized spacial score (nSPS) is 16.7. The molecule has 8 heteroatoms. The van der Waals surface area contributed by atoms with E-state index in [1.54, 1.807) is 30.4 Å². The zero-order valence-electron chi connectivity index (χ0n) is 15.8. The zero-order chi connectivity index (χ0) is 22.0. The lowest BCUT2D eigenvalue weighted by atomic mass is 10.0. The fourth-order valence-electron chi connectivity index (χ4n) is 3.16. The highest BCUT2D eigenvalue weighted by Gasteiger charge is 2.32. The van der Waals surface area contributed by atoms with Crippen LogP contribution < -0.4 is 14.0 Å². The van der Waals surface area contributed by atoms with Crippen molar-refractivity contribution in [2.24, 2.45) is 0 Å². The third-order valence-electron chi connectivity index (χ3n) is 4.47. The van der Waals surface area contributed by atoms with E-state index < -0.39 is 21.0 Å². The van der Waals surface area contributed by atoms with Gasteiger partial charge >= 0.3 is 0 Å². The quantitative estimate of drug-likeness (QED) is 0.507. The number of benzene rings is 3. The van der Waals surface area contributed by atoms with Crippen LogP contribution in [0.25, 0.3) is 10.5 Å². The van der Waals surface area contributed by atoms with Crippen LogP contribution >= 0.6 is 34.0 Å². The Kier molecular flexibility index (Phi) is 6.67. The van der Waals surface area contributed by atoms with Gasteiger partial charge in [0.1, 0.15) is 14.5 Å². The van der Waals surface area contributed by atoms with Crippen LogP contribution in [0.1, 0.15) is 16.7 Å². The molecule has 4 rings (SSSR count). The average molecular weight is 494 g/mol. The summed E-state index contributed by atoms with van der Waals surface area (Å²) in [4.78, 5) is 1.10. The number of hydrogen-bond acceptors (Lipinski definition) is 4. The molecule has 0 N–H and O–H groups in total. The minimum absolute atomic E-state index is 0.451. The Bertz CT molecular complexity index is 1200. The second-order valence-corrected chi connectivity index (χ2v) is 10.1. The molecule has 0 saturated carbocycles. The fourth-order valence-corrected chi connectivity index (χ4v) is 6.24. The summed E-state index contributed by atoms with van der Waals surface area (Å²) in [7, 11) is -6.15. The molecule has 1 unspecified atom stereocenters. The zero-order valence-corrected chi connectivity index (χ0v) is 18.9. The molecule has 0 amide bonds. The SMILES string of the molecule is [O-][Cl+3]([O-])([O-])OS1=C(c2ccccc2)C=C(c2ccc(Cl)cc2Cl)C=C1c1ccccc1. The van der Waals surface area contributed by atoms with Crippen molar-refractivity contribution < 1.29 is 28.0 Å². The van der Waals surface area contributed by atoms with Crippen LogP contribution in [0.3, 0.4) is 0 Å². The molecule has 31 heavy (non-hydrogen) atoms.